The molecule has 0 spiro atoms. The van der Waals surface area contributed by atoms with E-state index in [0.29, 0.717) is 24.4 Å². The van der Waals surface area contributed by atoms with Crippen LogP contribution in [0.1, 0.15) is 33.8 Å². The van der Waals surface area contributed by atoms with Gasteiger partial charge in [0, 0.05) is 18.7 Å². The second-order valence-corrected chi connectivity index (χ2v) is 6.72. The smallest absolute Gasteiger partial charge is 0.251 e. The Balaban J connectivity index is 1.77. The van der Waals surface area contributed by atoms with Crippen molar-refractivity contribution in [1.29, 1.82) is 0 Å². The SMILES string of the molecule is CCNC(=O)c1ccc([C@@H]2SCC(=O)N2Cc2ccccc2)cc1. The maximum Gasteiger partial charge on any atom is 0.251 e. The summed E-state index contributed by atoms with van der Waals surface area (Å²) in [5.74, 6) is 0.581. The van der Waals surface area contributed by atoms with Crippen molar-refractivity contribution < 1.29 is 9.59 Å². The predicted octanol–water partition coefficient (Wildman–Crippen LogP) is 3.21. The molecule has 0 aromatic heterocycles. The molecule has 1 saturated heterocycles. The summed E-state index contributed by atoms with van der Waals surface area (Å²) in [6.45, 7) is 3.11. The predicted molar refractivity (Wildman–Crippen MR) is 96.6 cm³/mol. The topological polar surface area (TPSA) is 49.4 Å². The lowest BCUT2D eigenvalue weighted by atomic mass is 10.1. The van der Waals surface area contributed by atoms with Gasteiger partial charge in [-0.3, -0.25) is 9.59 Å². The molecule has 5 heteroatoms. The van der Waals surface area contributed by atoms with Gasteiger partial charge >= 0.3 is 0 Å². The van der Waals surface area contributed by atoms with Crippen LogP contribution in [0.5, 0.6) is 0 Å². The molecule has 2 amide bonds. The number of hydrogen-bond donors (Lipinski definition) is 1. The van der Waals surface area contributed by atoms with Crippen LogP contribution in [0.4, 0.5) is 0 Å². The summed E-state index contributed by atoms with van der Waals surface area (Å²) in [5, 5.41) is 2.79. The average molecular weight is 340 g/mol. The van der Waals surface area contributed by atoms with Gasteiger partial charge in [0.25, 0.3) is 5.91 Å². The van der Waals surface area contributed by atoms with Crippen LogP contribution in [-0.4, -0.2) is 29.0 Å². The quantitative estimate of drug-likeness (QED) is 0.909. The molecular formula is C19H20N2O2S. The minimum Gasteiger partial charge on any atom is -0.352 e. The van der Waals surface area contributed by atoms with E-state index in [4.69, 9.17) is 0 Å². The third-order valence-electron chi connectivity index (χ3n) is 3.96. The van der Waals surface area contributed by atoms with Crippen LogP contribution in [0.25, 0.3) is 0 Å². The van der Waals surface area contributed by atoms with Crippen LogP contribution < -0.4 is 5.32 Å². The van der Waals surface area contributed by atoms with Crippen LogP contribution in [-0.2, 0) is 11.3 Å². The number of carbonyl (C=O) groups excluding carboxylic acids is 2. The minimum atomic E-state index is -0.0691. The molecule has 1 aliphatic heterocycles. The largest absolute Gasteiger partial charge is 0.352 e. The highest BCUT2D eigenvalue weighted by molar-refractivity contribution is 8.00. The van der Waals surface area contributed by atoms with Crippen molar-refractivity contribution in [3.8, 4) is 0 Å². The van der Waals surface area contributed by atoms with Gasteiger partial charge in [-0.15, -0.1) is 11.8 Å². The first-order valence-electron chi connectivity index (χ1n) is 8.02. The Morgan fingerprint density at radius 3 is 2.54 bits per heavy atom. The summed E-state index contributed by atoms with van der Waals surface area (Å²) in [7, 11) is 0. The van der Waals surface area contributed by atoms with E-state index < -0.39 is 0 Å². The van der Waals surface area contributed by atoms with Gasteiger partial charge in [0.1, 0.15) is 5.37 Å². The van der Waals surface area contributed by atoms with E-state index in [1.807, 2.05) is 66.4 Å². The molecule has 0 bridgehead atoms. The van der Waals surface area contributed by atoms with Crippen molar-refractivity contribution in [3.05, 3.63) is 71.3 Å². The van der Waals surface area contributed by atoms with Crippen LogP contribution in [0.3, 0.4) is 0 Å². The molecule has 0 unspecified atom stereocenters. The molecule has 0 saturated carbocycles. The fourth-order valence-electron chi connectivity index (χ4n) is 2.74. The maximum atomic E-state index is 12.3. The van der Waals surface area contributed by atoms with Gasteiger partial charge in [0.15, 0.2) is 0 Å². The Bertz CT molecular complexity index is 716. The summed E-state index contributed by atoms with van der Waals surface area (Å²) < 4.78 is 0. The van der Waals surface area contributed by atoms with E-state index >= 15 is 0 Å². The summed E-state index contributed by atoms with van der Waals surface area (Å²) in [6, 6.07) is 17.5. The first-order chi connectivity index (χ1) is 11.7. The highest BCUT2D eigenvalue weighted by Crippen LogP contribution is 2.39. The Morgan fingerprint density at radius 1 is 1.17 bits per heavy atom. The van der Waals surface area contributed by atoms with E-state index in [9.17, 15) is 9.59 Å². The Morgan fingerprint density at radius 2 is 1.88 bits per heavy atom. The van der Waals surface area contributed by atoms with Crippen molar-refractivity contribution in [2.75, 3.05) is 12.3 Å². The zero-order chi connectivity index (χ0) is 16.9. The highest BCUT2D eigenvalue weighted by atomic mass is 32.2. The average Bonchev–Trinajstić information content (AvgIpc) is 2.97. The lowest BCUT2D eigenvalue weighted by Gasteiger charge is -2.24. The number of benzene rings is 2. The van der Waals surface area contributed by atoms with E-state index in [1.165, 1.54) is 0 Å². The molecule has 2 aromatic rings. The number of thioether (sulfide) groups is 1. The number of hydrogen-bond acceptors (Lipinski definition) is 3. The molecular weight excluding hydrogens is 320 g/mol. The van der Waals surface area contributed by atoms with Crippen molar-refractivity contribution in [1.82, 2.24) is 10.2 Å². The van der Waals surface area contributed by atoms with Crippen molar-refractivity contribution in [2.24, 2.45) is 0 Å². The second-order valence-electron chi connectivity index (χ2n) is 5.65. The lowest BCUT2D eigenvalue weighted by Crippen LogP contribution is -2.27. The lowest BCUT2D eigenvalue weighted by molar-refractivity contribution is -0.128. The zero-order valence-electron chi connectivity index (χ0n) is 13.6. The first-order valence-corrected chi connectivity index (χ1v) is 9.07. The van der Waals surface area contributed by atoms with Crippen LogP contribution in [0.2, 0.25) is 0 Å². The first kappa shape index (κ1) is 16.6. The van der Waals surface area contributed by atoms with Gasteiger partial charge in [-0.1, -0.05) is 42.5 Å². The molecule has 0 radical (unpaired) electrons. The highest BCUT2D eigenvalue weighted by Gasteiger charge is 2.32. The van der Waals surface area contributed by atoms with E-state index in [1.54, 1.807) is 11.8 Å². The Kier molecular flexibility index (Phi) is 5.20. The van der Waals surface area contributed by atoms with Gasteiger partial charge in [-0.25, -0.2) is 0 Å². The fourth-order valence-corrected chi connectivity index (χ4v) is 3.93. The Hall–Kier alpha value is -2.27. The van der Waals surface area contributed by atoms with Crippen molar-refractivity contribution in [2.45, 2.75) is 18.8 Å². The van der Waals surface area contributed by atoms with Gasteiger partial charge in [0.2, 0.25) is 5.91 Å². The normalized spacial score (nSPS) is 17.1. The number of amides is 2. The summed E-state index contributed by atoms with van der Waals surface area (Å²) in [5.41, 5.74) is 2.82. The Labute approximate surface area is 146 Å². The van der Waals surface area contributed by atoms with Crippen molar-refractivity contribution >= 4 is 23.6 Å². The molecule has 124 valence electrons. The molecule has 1 N–H and O–H groups in total. The molecule has 3 rings (SSSR count). The van der Waals surface area contributed by atoms with E-state index in [2.05, 4.69) is 5.32 Å². The van der Waals surface area contributed by atoms with Crippen LogP contribution in [0, 0.1) is 0 Å². The zero-order valence-corrected chi connectivity index (χ0v) is 14.4. The summed E-state index contributed by atoms with van der Waals surface area (Å²) in [6.07, 6.45) is 0. The van der Waals surface area contributed by atoms with Gasteiger partial charge in [0.05, 0.1) is 5.75 Å². The molecule has 1 atom stereocenters. The second kappa shape index (κ2) is 7.53. The third-order valence-corrected chi connectivity index (χ3v) is 5.22. The van der Waals surface area contributed by atoms with E-state index in [0.717, 1.165) is 11.1 Å². The number of rotatable bonds is 5. The minimum absolute atomic E-state index is 0.000919. The molecule has 4 nitrogen and oxygen atoms in total. The standard InChI is InChI=1S/C19H20N2O2S/c1-2-20-18(23)15-8-10-16(11-9-15)19-21(17(22)13-24-19)12-14-6-4-3-5-7-14/h3-11,19H,2,12-13H2,1H3,(H,20,23)/t19-/m0/s1. The number of nitrogens with zero attached hydrogens (tertiary/aromatic N) is 1. The third kappa shape index (κ3) is 3.62. The molecule has 1 aliphatic rings. The number of nitrogens with one attached hydrogen (secondary N) is 1. The van der Waals surface area contributed by atoms with E-state index in [-0.39, 0.29) is 17.2 Å². The monoisotopic (exact) mass is 340 g/mol. The molecule has 24 heavy (non-hydrogen) atoms. The summed E-state index contributed by atoms with van der Waals surface area (Å²) in [4.78, 5) is 26.0. The number of carbonyl (C=O) groups is 2. The van der Waals surface area contributed by atoms with Gasteiger partial charge < -0.3 is 10.2 Å². The van der Waals surface area contributed by atoms with Crippen molar-refractivity contribution in [3.63, 3.8) is 0 Å². The molecule has 2 aromatic carbocycles. The van der Waals surface area contributed by atoms with Crippen LogP contribution >= 0.6 is 11.8 Å². The molecule has 1 fully saturated rings. The molecule has 0 aliphatic carbocycles. The van der Waals surface area contributed by atoms with Gasteiger partial charge in [-0.05, 0) is 30.2 Å². The summed E-state index contributed by atoms with van der Waals surface area (Å²) >= 11 is 1.63. The fraction of sp³-hybridized carbons (Fsp3) is 0.263. The van der Waals surface area contributed by atoms with Gasteiger partial charge in [-0.2, -0.15) is 0 Å². The molecule has 1 heterocycles. The van der Waals surface area contributed by atoms with Crippen LogP contribution in [0.15, 0.2) is 54.6 Å². The maximum absolute atomic E-state index is 12.3.